The molecule has 4 aromatic rings. The van der Waals surface area contributed by atoms with Crippen LogP contribution in [0.3, 0.4) is 0 Å². The molecule has 7 nitrogen and oxygen atoms in total. The average molecular weight is 376 g/mol. The van der Waals surface area contributed by atoms with Crippen LogP contribution in [0.2, 0.25) is 0 Å². The van der Waals surface area contributed by atoms with E-state index in [1.807, 2.05) is 60.8 Å². The molecule has 0 spiro atoms. The van der Waals surface area contributed by atoms with Crippen molar-refractivity contribution in [1.29, 1.82) is 0 Å². The monoisotopic (exact) mass is 376 g/mol. The van der Waals surface area contributed by atoms with E-state index < -0.39 is 0 Å². The van der Waals surface area contributed by atoms with Crippen LogP contribution in [0.1, 0.15) is 10.6 Å². The van der Waals surface area contributed by atoms with Gasteiger partial charge in [0.15, 0.2) is 0 Å². The number of hydrogen-bond donors (Lipinski definition) is 1. The maximum Gasteiger partial charge on any atom is 0.228 e. The number of carbonyl (C=O) groups is 1. The van der Waals surface area contributed by atoms with Gasteiger partial charge in [0.25, 0.3) is 0 Å². The molecule has 2 aromatic carbocycles. The minimum Gasteiger partial charge on any atom is -0.326 e. The van der Waals surface area contributed by atoms with Gasteiger partial charge < -0.3 is 5.32 Å². The van der Waals surface area contributed by atoms with E-state index in [-0.39, 0.29) is 5.91 Å². The fourth-order valence-corrected chi connectivity index (χ4v) is 3.28. The third-order valence-electron chi connectivity index (χ3n) is 4.00. The predicted molar refractivity (Wildman–Crippen MR) is 104 cm³/mol. The lowest BCUT2D eigenvalue weighted by Gasteiger charge is -2.07. The molecule has 2 heterocycles. The van der Waals surface area contributed by atoms with Crippen LogP contribution in [-0.2, 0) is 11.2 Å². The number of aryl methyl sites for hydroxylation is 1. The number of nitrogens with one attached hydrogen (secondary N) is 1. The highest BCUT2D eigenvalue weighted by molar-refractivity contribution is 7.09. The number of hydrogen-bond acceptors (Lipinski definition) is 6. The van der Waals surface area contributed by atoms with Crippen LogP contribution in [-0.4, -0.2) is 31.1 Å². The Kier molecular flexibility index (Phi) is 4.71. The van der Waals surface area contributed by atoms with Crippen LogP contribution in [0.5, 0.6) is 0 Å². The van der Waals surface area contributed by atoms with Crippen LogP contribution in [0.15, 0.2) is 60.2 Å². The van der Waals surface area contributed by atoms with Gasteiger partial charge in [-0.3, -0.25) is 4.79 Å². The first-order valence-corrected chi connectivity index (χ1v) is 9.20. The van der Waals surface area contributed by atoms with E-state index in [9.17, 15) is 4.79 Å². The Morgan fingerprint density at radius 3 is 2.52 bits per heavy atom. The smallest absolute Gasteiger partial charge is 0.228 e. The molecule has 2 aromatic heterocycles. The first-order chi connectivity index (χ1) is 13.2. The van der Waals surface area contributed by atoms with Gasteiger partial charge in [0.05, 0.1) is 22.8 Å². The van der Waals surface area contributed by atoms with Gasteiger partial charge in [-0.25, -0.2) is 9.67 Å². The number of carbonyl (C=O) groups excluding carboxylic acids is 1. The molecule has 0 aliphatic rings. The summed E-state index contributed by atoms with van der Waals surface area (Å²) in [5.74, 6) is -0.0672. The van der Waals surface area contributed by atoms with Crippen molar-refractivity contribution >= 4 is 22.9 Å². The fraction of sp³-hybridized carbons (Fsp3) is 0.105. The van der Waals surface area contributed by atoms with E-state index in [2.05, 4.69) is 25.8 Å². The molecule has 0 radical (unpaired) electrons. The van der Waals surface area contributed by atoms with Crippen molar-refractivity contribution < 1.29 is 4.79 Å². The van der Waals surface area contributed by atoms with Gasteiger partial charge in [-0.2, -0.15) is 0 Å². The summed E-state index contributed by atoms with van der Waals surface area (Å²) in [6, 6.07) is 15.3. The predicted octanol–water partition coefficient (Wildman–Crippen LogP) is 3.28. The van der Waals surface area contributed by atoms with Gasteiger partial charge in [0.1, 0.15) is 6.33 Å². The van der Waals surface area contributed by atoms with Crippen molar-refractivity contribution in [3.05, 3.63) is 70.8 Å². The quantitative estimate of drug-likeness (QED) is 0.578. The van der Waals surface area contributed by atoms with Gasteiger partial charge >= 0.3 is 0 Å². The summed E-state index contributed by atoms with van der Waals surface area (Å²) in [4.78, 5) is 16.8. The fourth-order valence-electron chi connectivity index (χ4n) is 2.66. The topological polar surface area (TPSA) is 85.6 Å². The van der Waals surface area contributed by atoms with E-state index in [0.29, 0.717) is 6.42 Å². The normalized spacial score (nSPS) is 10.7. The Hall–Kier alpha value is -3.39. The Morgan fingerprint density at radius 2 is 1.89 bits per heavy atom. The lowest BCUT2D eigenvalue weighted by Crippen LogP contribution is -2.14. The van der Waals surface area contributed by atoms with Gasteiger partial charge in [-0.1, -0.05) is 24.3 Å². The van der Waals surface area contributed by atoms with Crippen molar-refractivity contribution in [3.8, 4) is 16.9 Å². The minimum absolute atomic E-state index is 0.0672. The Labute approximate surface area is 159 Å². The van der Waals surface area contributed by atoms with Gasteiger partial charge in [-0.15, -0.1) is 16.4 Å². The first kappa shape index (κ1) is 17.0. The van der Waals surface area contributed by atoms with Crippen molar-refractivity contribution in [2.75, 3.05) is 5.32 Å². The highest BCUT2D eigenvalue weighted by Gasteiger charge is 2.07. The lowest BCUT2D eigenvalue weighted by atomic mass is 10.1. The lowest BCUT2D eigenvalue weighted by molar-refractivity contribution is -0.115. The maximum atomic E-state index is 12.3. The van der Waals surface area contributed by atoms with E-state index >= 15 is 0 Å². The number of rotatable bonds is 5. The summed E-state index contributed by atoms with van der Waals surface area (Å²) >= 11 is 1.62. The van der Waals surface area contributed by atoms with Crippen LogP contribution < -0.4 is 5.32 Å². The molecule has 0 saturated carbocycles. The summed E-state index contributed by atoms with van der Waals surface area (Å²) in [6.45, 7) is 1.98. The minimum atomic E-state index is -0.0672. The van der Waals surface area contributed by atoms with Crippen LogP contribution in [0, 0.1) is 6.92 Å². The van der Waals surface area contributed by atoms with E-state index in [4.69, 9.17) is 0 Å². The number of benzene rings is 2. The summed E-state index contributed by atoms with van der Waals surface area (Å²) in [5.41, 5.74) is 4.52. The first-order valence-electron chi connectivity index (χ1n) is 8.32. The van der Waals surface area contributed by atoms with Crippen molar-refractivity contribution in [3.63, 3.8) is 0 Å². The van der Waals surface area contributed by atoms with Crippen LogP contribution >= 0.6 is 11.3 Å². The standard InChI is InChI=1S/C19H16N6OS/c1-13-21-18(11-27-13)15-4-6-16(7-5-15)22-19(26)10-14-2-8-17(9-3-14)25-12-20-23-24-25/h2-9,11-12H,10H2,1H3,(H,22,26). The number of thiazole rings is 1. The highest BCUT2D eigenvalue weighted by Crippen LogP contribution is 2.23. The molecular weight excluding hydrogens is 360 g/mol. The number of amides is 1. The SMILES string of the molecule is Cc1nc(-c2ccc(NC(=O)Cc3ccc(-n4cnnn4)cc3)cc2)cs1. The Morgan fingerprint density at radius 1 is 1.11 bits per heavy atom. The molecule has 1 N–H and O–H groups in total. The second kappa shape index (κ2) is 7.46. The molecule has 0 aliphatic heterocycles. The number of tetrazole rings is 1. The third-order valence-corrected chi connectivity index (χ3v) is 4.77. The van der Waals surface area contributed by atoms with E-state index in [0.717, 1.165) is 33.2 Å². The Balaban J connectivity index is 1.37. The molecular formula is C19H16N6OS. The molecule has 0 aliphatic carbocycles. The molecule has 0 atom stereocenters. The van der Waals surface area contributed by atoms with Crippen LogP contribution in [0.4, 0.5) is 5.69 Å². The number of nitrogens with zero attached hydrogens (tertiary/aromatic N) is 5. The zero-order valence-electron chi connectivity index (χ0n) is 14.5. The molecule has 27 heavy (non-hydrogen) atoms. The second-order valence-electron chi connectivity index (χ2n) is 5.97. The van der Waals surface area contributed by atoms with Gasteiger partial charge in [0.2, 0.25) is 5.91 Å². The van der Waals surface area contributed by atoms with Crippen molar-refractivity contribution in [2.24, 2.45) is 0 Å². The summed E-state index contributed by atoms with van der Waals surface area (Å²) in [5, 5.41) is 17.0. The molecule has 1 amide bonds. The second-order valence-corrected chi connectivity index (χ2v) is 7.04. The van der Waals surface area contributed by atoms with Gasteiger partial charge in [-0.05, 0) is 47.2 Å². The maximum absolute atomic E-state index is 12.3. The number of aromatic nitrogens is 5. The third kappa shape index (κ3) is 4.06. The van der Waals surface area contributed by atoms with Crippen molar-refractivity contribution in [1.82, 2.24) is 25.2 Å². The summed E-state index contributed by atoms with van der Waals surface area (Å²) in [7, 11) is 0. The molecule has 8 heteroatoms. The zero-order chi connectivity index (χ0) is 18.6. The Bertz CT molecular complexity index is 1040. The summed E-state index contributed by atoms with van der Waals surface area (Å²) < 4.78 is 1.56. The van der Waals surface area contributed by atoms with E-state index in [1.165, 1.54) is 6.33 Å². The molecule has 0 bridgehead atoms. The number of anilines is 1. The molecule has 0 unspecified atom stereocenters. The van der Waals surface area contributed by atoms with Gasteiger partial charge in [0, 0.05) is 16.6 Å². The van der Waals surface area contributed by atoms with Crippen LogP contribution in [0.25, 0.3) is 16.9 Å². The van der Waals surface area contributed by atoms with Crippen molar-refractivity contribution in [2.45, 2.75) is 13.3 Å². The highest BCUT2D eigenvalue weighted by atomic mass is 32.1. The molecule has 4 rings (SSSR count). The molecule has 0 fully saturated rings. The molecule has 0 saturated heterocycles. The zero-order valence-corrected chi connectivity index (χ0v) is 15.3. The largest absolute Gasteiger partial charge is 0.326 e. The average Bonchev–Trinajstić information content (AvgIpc) is 3.35. The summed E-state index contributed by atoms with van der Waals surface area (Å²) in [6.07, 6.45) is 1.82. The van der Waals surface area contributed by atoms with E-state index in [1.54, 1.807) is 16.0 Å². The molecule has 134 valence electrons.